The minimum Gasteiger partial charge on any atom is -0.289 e. The molecule has 3 fully saturated rings. The lowest BCUT2D eigenvalue weighted by Crippen LogP contribution is -2.45. The number of hydrogen-bond donors (Lipinski definition) is 0. The summed E-state index contributed by atoms with van der Waals surface area (Å²) in [6.07, 6.45) is 6.08. The third-order valence-electron chi connectivity index (χ3n) is 8.16. The van der Waals surface area contributed by atoms with Gasteiger partial charge in [-0.2, -0.15) is 0 Å². The van der Waals surface area contributed by atoms with E-state index in [0.717, 1.165) is 16.5 Å². The Balaban J connectivity index is 1.38. The van der Waals surface area contributed by atoms with Crippen LogP contribution in [0.5, 0.6) is 0 Å². The molecule has 7 rings (SSSR count). The van der Waals surface area contributed by atoms with Crippen molar-refractivity contribution in [1.29, 1.82) is 0 Å². The third-order valence-corrected chi connectivity index (χ3v) is 9.39. The van der Waals surface area contributed by atoms with E-state index in [-0.39, 0.29) is 53.1 Å². The second-order valence-corrected chi connectivity index (χ2v) is 11.6. The lowest BCUT2D eigenvalue weighted by atomic mass is 9.63. The molecule has 1 aliphatic heterocycles. The van der Waals surface area contributed by atoms with Crippen LogP contribution in [-0.2, 0) is 16.0 Å². The number of carbonyl (C=O) groups excluding carboxylic acids is 3. The Hall–Kier alpha value is -2.15. The number of aryl methyl sites for hydroxylation is 1. The highest BCUT2D eigenvalue weighted by Crippen LogP contribution is 2.65. The second kappa shape index (κ2) is 8.46. The first-order chi connectivity index (χ1) is 16.8. The van der Waals surface area contributed by atoms with Crippen molar-refractivity contribution >= 4 is 62.5 Å². The molecule has 2 saturated carbocycles. The van der Waals surface area contributed by atoms with Crippen molar-refractivity contribution in [2.75, 3.05) is 11.6 Å². The van der Waals surface area contributed by atoms with Gasteiger partial charge in [0.2, 0.25) is 11.8 Å². The lowest BCUT2D eigenvalue weighted by molar-refractivity contribution is -0.140. The first-order valence-corrected chi connectivity index (χ1v) is 13.4. The van der Waals surface area contributed by atoms with Crippen LogP contribution in [0.2, 0.25) is 10.0 Å². The average Bonchev–Trinajstić information content (AvgIpc) is 3.64. The van der Waals surface area contributed by atoms with E-state index in [9.17, 15) is 14.4 Å². The quantitative estimate of drug-likeness (QED) is 0.327. The molecule has 0 N–H and O–H groups in total. The zero-order valence-corrected chi connectivity index (χ0v) is 22.1. The van der Waals surface area contributed by atoms with Crippen molar-refractivity contribution in [3.8, 4) is 0 Å². The molecule has 5 nitrogen and oxygen atoms in total. The van der Waals surface area contributed by atoms with Crippen LogP contribution in [0.3, 0.4) is 0 Å². The summed E-state index contributed by atoms with van der Waals surface area (Å²) in [6, 6.07) is 10.4. The number of amides is 3. The van der Waals surface area contributed by atoms with Gasteiger partial charge in [0, 0.05) is 15.7 Å². The molecule has 0 aromatic heterocycles. The van der Waals surface area contributed by atoms with Crippen LogP contribution >= 0.6 is 39.1 Å². The highest BCUT2D eigenvalue weighted by molar-refractivity contribution is 9.10. The topological polar surface area (TPSA) is 57.7 Å². The maximum Gasteiger partial charge on any atom is 0.259 e. The summed E-state index contributed by atoms with van der Waals surface area (Å²) in [5.41, 5.74) is 1.92. The number of imide groups is 1. The summed E-state index contributed by atoms with van der Waals surface area (Å²) in [5.74, 6) is 0.0327. The van der Waals surface area contributed by atoms with Crippen LogP contribution < -0.4 is 4.90 Å². The molecular weight excluding hydrogens is 551 g/mol. The fourth-order valence-electron chi connectivity index (χ4n) is 6.43. The zero-order valence-electron chi connectivity index (χ0n) is 19.0. The van der Waals surface area contributed by atoms with Crippen LogP contribution in [0.25, 0.3) is 0 Å². The summed E-state index contributed by atoms with van der Waals surface area (Å²) < 4.78 is 0.890. The largest absolute Gasteiger partial charge is 0.289 e. The Kier molecular flexibility index (Phi) is 5.62. The molecule has 180 valence electrons. The van der Waals surface area contributed by atoms with Gasteiger partial charge in [0.1, 0.15) is 6.67 Å². The molecule has 1 heterocycles. The predicted molar refractivity (Wildman–Crippen MR) is 138 cm³/mol. The van der Waals surface area contributed by atoms with E-state index in [1.807, 2.05) is 25.1 Å². The van der Waals surface area contributed by atoms with E-state index in [1.54, 1.807) is 12.1 Å². The number of hydrogen-bond acceptors (Lipinski definition) is 3. The minimum absolute atomic E-state index is 0.132. The van der Waals surface area contributed by atoms with Crippen LogP contribution in [0.15, 0.2) is 53.0 Å². The summed E-state index contributed by atoms with van der Waals surface area (Å²) >= 11 is 15.8. The Labute approximate surface area is 222 Å². The number of rotatable bonds is 5. The molecule has 5 aliphatic rings. The lowest BCUT2D eigenvalue weighted by Gasteiger charge is -2.37. The van der Waals surface area contributed by atoms with Gasteiger partial charge in [0.25, 0.3) is 5.91 Å². The Morgan fingerprint density at radius 1 is 1.00 bits per heavy atom. The zero-order chi connectivity index (χ0) is 24.6. The molecule has 4 aliphatic carbocycles. The molecule has 1 saturated heterocycles. The molecule has 2 aromatic carbocycles. The molecular formula is C27H23BrCl2N2O3. The van der Waals surface area contributed by atoms with Crippen LogP contribution in [0.1, 0.15) is 29.3 Å². The number of allylic oxidation sites excluding steroid dienone is 2. The average molecular weight is 574 g/mol. The van der Waals surface area contributed by atoms with Gasteiger partial charge in [-0.1, -0.05) is 58.2 Å². The standard InChI is InChI=1S/C27H23BrCl2N2O3/c1-2-13-9-15(28)4-8-22(13)31(25(33)14-3-7-20(29)21(30)10-14)12-32-26(34)23-16-5-6-17(19-11-18(16)19)24(23)27(32)35/h3-10,16-19,23-24H,2,11-12H2,1H3. The molecule has 2 aromatic rings. The number of anilines is 1. The molecule has 6 unspecified atom stereocenters. The van der Waals surface area contributed by atoms with Crippen molar-refractivity contribution in [3.63, 3.8) is 0 Å². The molecule has 35 heavy (non-hydrogen) atoms. The van der Waals surface area contributed by atoms with Crippen molar-refractivity contribution < 1.29 is 14.4 Å². The summed E-state index contributed by atoms with van der Waals surface area (Å²) in [6.45, 7) is 1.87. The number of benzene rings is 2. The van der Waals surface area contributed by atoms with Gasteiger partial charge in [-0.05, 0) is 78.5 Å². The molecule has 8 heteroatoms. The Morgan fingerprint density at radius 3 is 2.26 bits per heavy atom. The fraction of sp³-hybridized carbons (Fsp3) is 0.370. The van der Waals surface area contributed by atoms with E-state index < -0.39 is 0 Å². The van der Waals surface area contributed by atoms with Crippen LogP contribution in [0, 0.1) is 35.5 Å². The van der Waals surface area contributed by atoms with Gasteiger partial charge in [-0.15, -0.1) is 0 Å². The van der Waals surface area contributed by atoms with Gasteiger partial charge in [0.05, 0.1) is 21.9 Å². The molecule has 0 spiro atoms. The van der Waals surface area contributed by atoms with E-state index in [4.69, 9.17) is 23.2 Å². The number of nitrogens with zero attached hydrogens (tertiary/aromatic N) is 2. The molecule has 0 radical (unpaired) electrons. The second-order valence-electron chi connectivity index (χ2n) is 9.89. The maximum atomic E-state index is 13.8. The summed E-state index contributed by atoms with van der Waals surface area (Å²) in [4.78, 5) is 43.9. The van der Waals surface area contributed by atoms with Gasteiger partial charge in [0.15, 0.2) is 0 Å². The molecule has 3 amide bonds. The van der Waals surface area contributed by atoms with E-state index >= 15 is 0 Å². The maximum absolute atomic E-state index is 13.8. The Bertz CT molecular complexity index is 1280. The number of carbonyl (C=O) groups is 3. The monoisotopic (exact) mass is 572 g/mol. The third kappa shape index (κ3) is 3.59. The smallest absolute Gasteiger partial charge is 0.259 e. The first-order valence-electron chi connectivity index (χ1n) is 11.9. The van der Waals surface area contributed by atoms with Crippen molar-refractivity contribution in [1.82, 2.24) is 4.90 Å². The fourth-order valence-corrected chi connectivity index (χ4v) is 7.14. The number of halogens is 3. The Morgan fingerprint density at radius 2 is 1.66 bits per heavy atom. The van der Waals surface area contributed by atoms with Crippen molar-refractivity contribution in [3.05, 3.63) is 74.2 Å². The minimum atomic E-state index is -0.347. The van der Waals surface area contributed by atoms with Gasteiger partial charge >= 0.3 is 0 Å². The predicted octanol–water partition coefficient (Wildman–Crippen LogP) is 5.98. The van der Waals surface area contributed by atoms with E-state index in [1.165, 1.54) is 15.9 Å². The summed E-state index contributed by atoms with van der Waals surface area (Å²) in [5, 5.41) is 0.619. The molecule has 6 atom stereocenters. The highest BCUT2D eigenvalue weighted by atomic mass is 79.9. The highest BCUT2D eigenvalue weighted by Gasteiger charge is 2.67. The first kappa shape index (κ1) is 23.3. The van der Waals surface area contributed by atoms with Crippen LogP contribution in [0.4, 0.5) is 5.69 Å². The van der Waals surface area contributed by atoms with Gasteiger partial charge in [-0.3, -0.25) is 24.2 Å². The molecule has 2 bridgehead atoms. The van der Waals surface area contributed by atoms with Crippen LogP contribution in [-0.4, -0.2) is 29.3 Å². The van der Waals surface area contributed by atoms with Gasteiger partial charge < -0.3 is 0 Å². The van der Waals surface area contributed by atoms with Crippen molar-refractivity contribution in [2.24, 2.45) is 35.5 Å². The normalized spacial score (nSPS) is 29.9. The SMILES string of the molecule is CCc1cc(Br)ccc1N(CN1C(=O)C2C3C=CC(C4CC34)C2C1=O)C(=O)c1ccc(Cl)c(Cl)c1. The van der Waals surface area contributed by atoms with E-state index in [0.29, 0.717) is 34.5 Å². The van der Waals surface area contributed by atoms with Crippen molar-refractivity contribution in [2.45, 2.75) is 19.8 Å². The van der Waals surface area contributed by atoms with Gasteiger partial charge in [-0.25, -0.2) is 0 Å². The van der Waals surface area contributed by atoms with E-state index in [2.05, 4.69) is 28.1 Å². The summed E-state index contributed by atoms with van der Waals surface area (Å²) in [7, 11) is 0. The number of likely N-dealkylation sites (tertiary alicyclic amines) is 1.